The first-order valence-electron chi connectivity index (χ1n) is 10.6. The summed E-state index contributed by atoms with van der Waals surface area (Å²) in [4.78, 5) is 40.2. The molecule has 3 aliphatic rings. The van der Waals surface area contributed by atoms with Crippen LogP contribution in [-0.2, 0) is 6.54 Å². The number of rotatable bonds is 3. The Labute approximate surface area is 178 Å². The number of amides is 2. The molecule has 2 bridgehead atoms. The van der Waals surface area contributed by atoms with Crippen molar-refractivity contribution in [2.45, 2.75) is 45.2 Å². The first kappa shape index (κ1) is 19.8. The number of hydrogen-bond donors (Lipinski definition) is 2. The number of nitrogens with one attached hydrogen (secondary N) is 1. The summed E-state index contributed by atoms with van der Waals surface area (Å²) < 4.78 is 15.7. The lowest BCUT2D eigenvalue weighted by atomic mass is 9.90. The molecule has 2 aromatic rings. The zero-order valence-electron chi connectivity index (χ0n) is 17.3. The van der Waals surface area contributed by atoms with Crippen molar-refractivity contribution in [3.63, 3.8) is 0 Å². The van der Waals surface area contributed by atoms with Gasteiger partial charge in [-0.2, -0.15) is 0 Å². The Hall–Kier alpha value is -3.16. The van der Waals surface area contributed by atoms with Crippen LogP contribution in [0.5, 0.6) is 5.75 Å². The highest BCUT2D eigenvalue weighted by Crippen LogP contribution is 2.60. The molecule has 31 heavy (non-hydrogen) atoms. The van der Waals surface area contributed by atoms with Crippen LogP contribution in [-0.4, -0.2) is 39.5 Å². The van der Waals surface area contributed by atoms with Crippen molar-refractivity contribution >= 4 is 11.8 Å². The highest BCUT2D eigenvalue weighted by Gasteiger charge is 2.54. The van der Waals surface area contributed by atoms with Crippen molar-refractivity contribution in [3.05, 3.63) is 62.8 Å². The van der Waals surface area contributed by atoms with Crippen LogP contribution >= 0.6 is 0 Å². The van der Waals surface area contributed by atoms with E-state index in [0.29, 0.717) is 18.7 Å². The third-order valence-electron chi connectivity index (χ3n) is 7.02. The fourth-order valence-corrected chi connectivity index (χ4v) is 5.05. The van der Waals surface area contributed by atoms with Gasteiger partial charge in [-0.15, -0.1) is 0 Å². The summed E-state index contributed by atoms with van der Waals surface area (Å²) in [6, 6.07) is 4.62. The molecule has 2 N–H and O–H groups in total. The molecule has 2 aliphatic heterocycles. The minimum absolute atomic E-state index is 0.0319. The minimum atomic E-state index is -0.883. The molecule has 1 spiro atoms. The van der Waals surface area contributed by atoms with Crippen molar-refractivity contribution < 1.29 is 19.1 Å². The fourth-order valence-electron chi connectivity index (χ4n) is 5.05. The summed E-state index contributed by atoms with van der Waals surface area (Å²) in [7, 11) is 0. The molecule has 0 radical (unpaired) electrons. The number of pyridine rings is 1. The molecule has 2 amide bonds. The Morgan fingerprint density at radius 1 is 1.29 bits per heavy atom. The van der Waals surface area contributed by atoms with E-state index in [0.717, 1.165) is 31.2 Å². The van der Waals surface area contributed by atoms with Gasteiger partial charge < -0.3 is 19.9 Å². The third kappa shape index (κ3) is 3.12. The van der Waals surface area contributed by atoms with E-state index >= 15 is 0 Å². The Morgan fingerprint density at radius 2 is 2.06 bits per heavy atom. The van der Waals surface area contributed by atoms with Crippen LogP contribution in [0.25, 0.3) is 0 Å². The predicted molar refractivity (Wildman–Crippen MR) is 111 cm³/mol. The van der Waals surface area contributed by atoms with Gasteiger partial charge in [0.1, 0.15) is 11.4 Å². The number of halogens is 1. The number of carbonyl (C=O) groups is 2. The van der Waals surface area contributed by atoms with Crippen LogP contribution in [0, 0.1) is 18.2 Å². The number of carbonyl (C=O) groups excluding carboxylic acids is 2. The molecular formula is C23H24FN3O4. The van der Waals surface area contributed by atoms with Gasteiger partial charge >= 0.3 is 0 Å². The Balaban J connectivity index is 1.50. The van der Waals surface area contributed by atoms with Crippen LogP contribution in [0.3, 0.4) is 0 Å². The summed E-state index contributed by atoms with van der Waals surface area (Å²) in [5.41, 5.74) is -0.0455. The molecule has 1 aliphatic carbocycles. The van der Waals surface area contributed by atoms with Gasteiger partial charge in [0.2, 0.25) is 5.43 Å². The number of aromatic nitrogens is 1. The molecule has 8 heteroatoms. The van der Waals surface area contributed by atoms with E-state index < -0.39 is 22.9 Å². The van der Waals surface area contributed by atoms with Crippen LogP contribution in [0.15, 0.2) is 29.2 Å². The topological polar surface area (TPSA) is 91.6 Å². The molecule has 1 saturated carbocycles. The van der Waals surface area contributed by atoms with E-state index in [1.807, 2.05) is 0 Å². The number of hydrogen-bond acceptors (Lipinski definition) is 4. The summed E-state index contributed by atoms with van der Waals surface area (Å²) in [5.74, 6) is -2.21. The highest BCUT2D eigenvalue weighted by molar-refractivity contribution is 5.99. The monoisotopic (exact) mass is 425 g/mol. The third-order valence-corrected chi connectivity index (χ3v) is 7.02. The van der Waals surface area contributed by atoms with Gasteiger partial charge in [-0.25, -0.2) is 4.39 Å². The van der Waals surface area contributed by atoms with Crippen LogP contribution in [0.4, 0.5) is 4.39 Å². The second-order valence-corrected chi connectivity index (χ2v) is 8.99. The lowest BCUT2D eigenvalue weighted by Gasteiger charge is -2.37. The maximum Gasteiger partial charge on any atom is 0.274 e. The smallest absolute Gasteiger partial charge is 0.274 e. The predicted octanol–water partition coefficient (Wildman–Crippen LogP) is 2.50. The van der Waals surface area contributed by atoms with Crippen molar-refractivity contribution in [2.75, 3.05) is 13.1 Å². The Kier molecular flexibility index (Phi) is 4.42. The molecule has 1 aromatic heterocycles. The number of aryl methyl sites for hydroxylation is 1. The largest absolute Gasteiger partial charge is 0.503 e. The SMILES string of the molecule is Cc1ccc(CNC(=O)c2cn3c(c(O)c2=O)C(=O)N2CCCC4(CC4)[C@@H]3C2)c(F)c1. The number of fused-ring (bicyclic) bond motifs is 5. The highest BCUT2D eigenvalue weighted by atomic mass is 19.1. The first-order chi connectivity index (χ1) is 14.8. The molecule has 0 unspecified atom stereocenters. The molecule has 1 saturated heterocycles. The maximum atomic E-state index is 14.1. The molecule has 162 valence electrons. The van der Waals surface area contributed by atoms with Gasteiger partial charge in [0, 0.05) is 31.4 Å². The van der Waals surface area contributed by atoms with Gasteiger partial charge in [0.05, 0.1) is 6.04 Å². The average molecular weight is 425 g/mol. The molecule has 3 heterocycles. The van der Waals surface area contributed by atoms with E-state index in [-0.39, 0.29) is 35.2 Å². The molecule has 1 aromatic carbocycles. The standard InChI is InChI=1S/C23H24FN3O4/c1-13-3-4-14(16(24)9-13)10-25-21(30)15-11-27-17-12-26(8-2-5-23(17)6-7-23)22(31)18(27)20(29)19(15)28/h3-4,9,11,17,29H,2,5-8,10,12H2,1H3,(H,25,30)/t17-/m0/s1. The first-order valence-corrected chi connectivity index (χ1v) is 10.6. The summed E-state index contributed by atoms with van der Waals surface area (Å²) in [5, 5.41) is 13.2. The Bertz CT molecular complexity index is 1170. The molecule has 7 nitrogen and oxygen atoms in total. The van der Waals surface area contributed by atoms with E-state index in [2.05, 4.69) is 5.32 Å². The van der Waals surface area contributed by atoms with Gasteiger partial charge in [0.25, 0.3) is 11.8 Å². The van der Waals surface area contributed by atoms with Gasteiger partial charge in [-0.1, -0.05) is 12.1 Å². The number of nitrogens with zero attached hydrogens (tertiary/aromatic N) is 2. The van der Waals surface area contributed by atoms with Gasteiger partial charge in [0.15, 0.2) is 11.4 Å². The number of benzene rings is 1. The quantitative estimate of drug-likeness (QED) is 0.791. The molecule has 5 rings (SSSR count). The minimum Gasteiger partial charge on any atom is -0.503 e. The fraction of sp³-hybridized carbons (Fsp3) is 0.435. The van der Waals surface area contributed by atoms with E-state index in [1.54, 1.807) is 28.5 Å². The average Bonchev–Trinajstić information content (AvgIpc) is 3.53. The normalized spacial score (nSPS) is 20.9. The lowest BCUT2D eigenvalue weighted by molar-refractivity contribution is 0.0651. The van der Waals surface area contributed by atoms with Gasteiger partial charge in [-0.05, 0) is 49.7 Å². The van der Waals surface area contributed by atoms with E-state index in [1.165, 1.54) is 12.3 Å². The van der Waals surface area contributed by atoms with Crippen LogP contribution < -0.4 is 10.7 Å². The second kappa shape index (κ2) is 6.93. The van der Waals surface area contributed by atoms with Crippen molar-refractivity contribution in [2.24, 2.45) is 5.41 Å². The molecule has 1 atom stereocenters. The van der Waals surface area contributed by atoms with E-state index in [4.69, 9.17) is 0 Å². The van der Waals surface area contributed by atoms with Crippen molar-refractivity contribution in [3.8, 4) is 5.75 Å². The van der Waals surface area contributed by atoms with Crippen LogP contribution in [0.2, 0.25) is 0 Å². The lowest BCUT2D eigenvalue weighted by Crippen LogP contribution is -2.46. The van der Waals surface area contributed by atoms with Crippen molar-refractivity contribution in [1.82, 2.24) is 14.8 Å². The summed E-state index contributed by atoms with van der Waals surface area (Å²) in [6.45, 7) is 2.80. The second-order valence-electron chi connectivity index (χ2n) is 8.99. The number of aromatic hydroxyl groups is 1. The van der Waals surface area contributed by atoms with Crippen LogP contribution in [0.1, 0.15) is 63.7 Å². The summed E-state index contributed by atoms with van der Waals surface area (Å²) in [6.07, 6.45) is 5.32. The van der Waals surface area contributed by atoms with Gasteiger partial charge in [-0.3, -0.25) is 14.4 Å². The maximum absolute atomic E-state index is 14.1. The molecule has 2 fully saturated rings. The molecular weight excluding hydrogens is 401 g/mol. The van der Waals surface area contributed by atoms with Crippen molar-refractivity contribution in [1.29, 1.82) is 0 Å². The zero-order chi connectivity index (χ0) is 21.9. The Morgan fingerprint density at radius 3 is 2.77 bits per heavy atom. The van der Waals surface area contributed by atoms with E-state index in [9.17, 15) is 23.9 Å². The summed E-state index contributed by atoms with van der Waals surface area (Å²) >= 11 is 0. The zero-order valence-corrected chi connectivity index (χ0v) is 17.3.